The predicted molar refractivity (Wildman–Crippen MR) is 121 cm³/mol. The number of ketones is 1. The van der Waals surface area contributed by atoms with E-state index in [4.69, 9.17) is 0 Å². The number of rotatable bonds is 4. The smallest absolute Gasteiger partial charge is 0.245 e. The molecular formula is C22H47NO3W. The Morgan fingerprint density at radius 2 is 1.19 bits per heavy atom. The fraction of sp³-hybridized carbons (Fsp3) is 0.636. The third-order valence-electron chi connectivity index (χ3n) is 2.00. The molecule has 0 aliphatic carbocycles. The summed E-state index contributed by atoms with van der Waals surface area (Å²) >= 11 is 0. The molecule has 0 heterocycles. The van der Waals surface area contributed by atoms with Crippen LogP contribution in [0.5, 0.6) is 0 Å². The maximum absolute atomic E-state index is 10.5. The average Bonchev–Trinajstić information content (AvgIpc) is 2.60. The van der Waals surface area contributed by atoms with Gasteiger partial charge in [0, 0.05) is 41.0 Å². The van der Waals surface area contributed by atoms with Gasteiger partial charge in [0.15, 0.2) is 5.78 Å². The van der Waals surface area contributed by atoms with Crippen molar-refractivity contribution in [1.82, 2.24) is 5.06 Å². The van der Waals surface area contributed by atoms with E-state index in [9.17, 15) is 9.59 Å². The van der Waals surface area contributed by atoms with Crippen LogP contribution in [0.25, 0.3) is 0 Å². The maximum atomic E-state index is 10.5. The van der Waals surface area contributed by atoms with Crippen LogP contribution in [-0.4, -0.2) is 30.9 Å². The summed E-state index contributed by atoms with van der Waals surface area (Å²) in [7, 11) is 3.05. The van der Waals surface area contributed by atoms with Crippen LogP contribution in [0.15, 0.2) is 12.7 Å². The fourth-order valence-electron chi connectivity index (χ4n) is 0.469. The van der Waals surface area contributed by atoms with Crippen molar-refractivity contribution in [2.45, 2.75) is 84.1 Å². The fourth-order valence-corrected chi connectivity index (χ4v) is 0.469. The zero-order valence-corrected chi connectivity index (χ0v) is 18.7. The first-order chi connectivity index (χ1) is 10.4. The number of amides is 1. The van der Waals surface area contributed by atoms with E-state index >= 15 is 0 Å². The zero-order chi connectivity index (χ0) is 18.4. The number of hydroxylamine groups is 2. The van der Waals surface area contributed by atoms with E-state index < -0.39 is 0 Å². The minimum atomic E-state index is -0.00694. The summed E-state index contributed by atoms with van der Waals surface area (Å²) in [4.78, 5) is 25.2. The van der Waals surface area contributed by atoms with Crippen LogP contribution in [0.3, 0.4) is 0 Å². The standard InChI is InChI=1S/C5H11NO2.C5H8O.2C4H6.4CH4.W/c1-4-5(7)6(2)8-3;1-3-5(6)4-2;2*1-3-4-2;;;;;/h4H2,1-3H3;3H,1,4H2,2H3;2*1-2H3;4*1H4;. The van der Waals surface area contributed by atoms with E-state index in [1.807, 2.05) is 34.6 Å². The second-order valence-corrected chi connectivity index (χ2v) is 3.45. The Hall–Kier alpha value is -1.35. The van der Waals surface area contributed by atoms with Gasteiger partial charge in [0.2, 0.25) is 5.91 Å². The topological polar surface area (TPSA) is 46.6 Å². The third-order valence-corrected chi connectivity index (χ3v) is 2.00. The number of carbonyl (C=O) groups is 2. The second kappa shape index (κ2) is 56.3. The zero-order valence-electron chi connectivity index (χ0n) is 15.8. The van der Waals surface area contributed by atoms with Gasteiger partial charge in [0.1, 0.15) is 0 Å². The van der Waals surface area contributed by atoms with E-state index in [1.54, 1.807) is 14.0 Å². The first-order valence-electron chi connectivity index (χ1n) is 6.99. The van der Waals surface area contributed by atoms with E-state index in [-0.39, 0.29) is 62.5 Å². The summed E-state index contributed by atoms with van der Waals surface area (Å²) in [6.07, 6.45) is 2.40. The minimum absolute atomic E-state index is 0. The summed E-state index contributed by atoms with van der Waals surface area (Å²) in [6, 6.07) is 0. The minimum Gasteiger partial charge on any atom is -0.295 e. The van der Waals surface area contributed by atoms with Gasteiger partial charge >= 0.3 is 0 Å². The summed E-state index contributed by atoms with van der Waals surface area (Å²) in [5, 5.41) is 1.21. The molecule has 0 spiro atoms. The van der Waals surface area contributed by atoms with Gasteiger partial charge in [-0.05, 0) is 33.8 Å². The van der Waals surface area contributed by atoms with E-state index in [0.29, 0.717) is 12.8 Å². The van der Waals surface area contributed by atoms with Crippen LogP contribution < -0.4 is 0 Å². The van der Waals surface area contributed by atoms with Crippen molar-refractivity contribution < 1.29 is 35.5 Å². The van der Waals surface area contributed by atoms with Gasteiger partial charge in [-0.2, -0.15) is 0 Å². The van der Waals surface area contributed by atoms with E-state index in [1.165, 1.54) is 18.2 Å². The van der Waals surface area contributed by atoms with Crippen LogP contribution in [0, 0.1) is 23.7 Å². The molecule has 164 valence electrons. The number of nitrogens with zero attached hydrogens (tertiary/aromatic N) is 1. The molecule has 0 aliphatic rings. The van der Waals surface area contributed by atoms with Gasteiger partial charge in [-0.15, -0.1) is 23.7 Å². The van der Waals surface area contributed by atoms with Gasteiger partial charge in [-0.1, -0.05) is 50.1 Å². The normalized spacial score (nSPS) is 5.33. The van der Waals surface area contributed by atoms with Crippen LogP contribution in [0.4, 0.5) is 0 Å². The van der Waals surface area contributed by atoms with Crippen molar-refractivity contribution in [3.05, 3.63) is 12.7 Å². The Labute approximate surface area is 186 Å². The van der Waals surface area contributed by atoms with Crippen LogP contribution in [-0.2, 0) is 35.5 Å². The molecular weight excluding hydrogens is 510 g/mol. The molecule has 0 fully saturated rings. The Morgan fingerprint density at radius 1 is 0.889 bits per heavy atom. The van der Waals surface area contributed by atoms with Crippen molar-refractivity contribution in [3.8, 4) is 23.7 Å². The van der Waals surface area contributed by atoms with Gasteiger partial charge in [-0.25, -0.2) is 5.06 Å². The van der Waals surface area contributed by atoms with Gasteiger partial charge < -0.3 is 0 Å². The van der Waals surface area contributed by atoms with Crippen LogP contribution in [0.2, 0.25) is 0 Å². The molecule has 1 amide bonds. The first kappa shape index (κ1) is 56.2. The monoisotopic (exact) mass is 557 g/mol. The van der Waals surface area contributed by atoms with Gasteiger partial charge in [-0.3, -0.25) is 14.4 Å². The summed E-state index contributed by atoms with van der Waals surface area (Å²) in [5.41, 5.74) is 0. The molecule has 0 saturated heterocycles. The number of carbonyl (C=O) groups excluding carboxylic acids is 2. The van der Waals surface area contributed by atoms with Crippen LogP contribution >= 0.6 is 0 Å². The molecule has 0 unspecified atom stereocenters. The molecule has 27 heavy (non-hydrogen) atoms. The van der Waals surface area contributed by atoms with Gasteiger partial charge in [0.05, 0.1) is 7.11 Å². The van der Waals surface area contributed by atoms with Crippen molar-refractivity contribution in [2.75, 3.05) is 14.2 Å². The Bertz CT molecular complexity index is 369. The maximum Gasteiger partial charge on any atom is 0.245 e. The summed E-state index contributed by atoms with van der Waals surface area (Å²) in [6.45, 7) is 14.2. The van der Waals surface area contributed by atoms with Crippen molar-refractivity contribution >= 4 is 11.7 Å². The molecule has 0 aromatic carbocycles. The Kier molecular flexibility index (Phi) is 117. The van der Waals surface area contributed by atoms with E-state index in [2.05, 4.69) is 35.1 Å². The van der Waals surface area contributed by atoms with Crippen molar-refractivity contribution in [3.63, 3.8) is 0 Å². The van der Waals surface area contributed by atoms with E-state index in [0.717, 1.165) is 0 Å². The molecule has 0 aromatic rings. The largest absolute Gasteiger partial charge is 0.295 e. The molecule has 0 radical (unpaired) electrons. The van der Waals surface area contributed by atoms with Crippen molar-refractivity contribution in [2.24, 2.45) is 0 Å². The summed E-state index contributed by atoms with van der Waals surface area (Å²) in [5.74, 6) is 10.8. The predicted octanol–water partition coefficient (Wildman–Crippen LogP) is 6.17. The Balaban J connectivity index is -0.0000000223. The molecule has 0 atom stereocenters. The molecule has 0 saturated carbocycles. The Morgan fingerprint density at radius 3 is 1.22 bits per heavy atom. The van der Waals surface area contributed by atoms with Crippen molar-refractivity contribution in [1.29, 1.82) is 0 Å². The first-order valence-corrected chi connectivity index (χ1v) is 6.99. The molecule has 0 aromatic heterocycles. The van der Waals surface area contributed by atoms with Gasteiger partial charge in [0.25, 0.3) is 0 Å². The average molecular weight is 557 g/mol. The SMILES string of the molecule is C.C.C.C.C=CC(=O)CC.CC#CC.CC#CC.CCC(=O)N(C)OC.[W]. The number of allylic oxidation sites excluding steroid dienone is 1. The number of hydrogen-bond donors (Lipinski definition) is 0. The molecule has 4 nitrogen and oxygen atoms in total. The number of hydrogen-bond acceptors (Lipinski definition) is 3. The quantitative estimate of drug-likeness (QED) is 0.236. The molecule has 0 rings (SSSR count). The molecule has 0 bridgehead atoms. The molecule has 0 N–H and O–H groups in total. The molecule has 5 heteroatoms. The van der Waals surface area contributed by atoms with Crippen LogP contribution in [0.1, 0.15) is 84.1 Å². The molecule has 0 aliphatic heterocycles. The second-order valence-electron chi connectivity index (χ2n) is 3.45. The summed E-state index contributed by atoms with van der Waals surface area (Å²) < 4.78 is 0. The third kappa shape index (κ3) is 79.0.